The quantitative estimate of drug-likeness (QED) is 0.478. The van der Waals surface area contributed by atoms with Gasteiger partial charge in [0, 0.05) is 12.4 Å². The number of allylic oxidation sites excluding steroid dienone is 4. The molecule has 8 heteroatoms. The predicted molar refractivity (Wildman–Crippen MR) is 45.2 cm³/mol. The van der Waals surface area contributed by atoms with Crippen LogP contribution in [0, 0.1) is 0 Å². The molecule has 0 aromatic carbocycles. The van der Waals surface area contributed by atoms with E-state index >= 15 is 0 Å². The van der Waals surface area contributed by atoms with Crippen LogP contribution in [0.2, 0.25) is 0 Å². The van der Waals surface area contributed by atoms with Gasteiger partial charge in [-0.15, -0.1) is 0 Å². The summed E-state index contributed by atoms with van der Waals surface area (Å²) in [6, 6.07) is 0. The van der Waals surface area contributed by atoms with Gasteiger partial charge in [0.05, 0.1) is 0 Å². The number of nitrogens with one attached hydrogen (secondary N) is 1. The zero-order valence-corrected chi connectivity index (χ0v) is 7.57. The molecule has 0 amide bonds. The summed E-state index contributed by atoms with van der Waals surface area (Å²) < 4.78 is 59.2. The van der Waals surface area contributed by atoms with Crippen molar-refractivity contribution in [3.8, 4) is 0 Å². The van der Waals surface area contributed by atoms with Crippen LogP contribution in [-0.2, 0) is 0 Å². The van der Waals surface area contributed by atoms with Crippen LogP contribution < -0.4 is 5.32 Å². The second-order valence-corrected chi connectivity index (χ2v) is 4.14. The van der Waals surface area contributed by atoms with E-state index in [1.807, 2.05) is 36.7 Å². The van der Waals surface area contributed by atoms with Crippen molar-refractivity contribution in [3.05, 3.63) is 36.7 Å². The summed E-state index contributed by atoms with van der Waals surface area (Å²) in [4.78, 5) is 0. The van der Waals surface area contributed by atoms with Crippen molar-refractivity contribution in [1.29, 1.82) is 0 Å². The first-order chi connectivity index (χ1) is 5.95. The maximum Gasteiger partial charge on any atom is 1.00 e. The first-order valence-electron chi connectivity index (χ1n) is 3.26. The molecule has 0 fully saturated rings. The van der Waals surface area contributed by atoms with Gasteiger partial charge in [0.25, 0.3) is 0 Å². The summed E-state index contributed by atoms with van der Waals surface area (Å²) in [6.45, 7) is 0. The molecule has 1 nitrogen and oxygen atoms in total. The van der Waals surface area contributed by atoms with Crippen LogP contribution in [0.5, 0.6) is 0 Å². The van der Waals surface area contributed by atoms with Gasteiger partial charge in [-0.05, 0) is 12.2 Å². The summed E-state index contributed by atoms with van der Waals surface area (Å²) in [5.41, 5.74) is 0. The number of rotatable bonds is 0. The van der Waals surface area contributed by atoms with E-state index in [0.717, 1.165) is 0 Å². The molecule has 0 atom stereocenters. The normalized spacial score (nSPS) is 19.6. The number of halogens is 6. The molecule has 0 aliphatic carbocycles. The summed E-state index contributed by atoms with van der Waals surface area (Å²) in [7, 11) is -10.7. The minimum absolute atomic E-state index is 0. The molecule has 0 saturated carbocycles. The number of hydrogen-bond donors (Lipinski definition) is 1. The van der Waals surface area contributed by atoms with Crippen LogP contribution in [0.4, 0.5) is 25.2 Å². The van der Waals surface area contributed by atoms with Gasteiger partial charge in [0.15, 0.2) is 0 Å². The third-order valence-corrected chi connectivity index (χ3v) is 0.718. The first kappa shape index (κ1) is 13.0. The van der Waals surface area contributed by atoms with Crippen molar-refractivity contribution >= 4 is 7.81 Å². The van der Waals surface area contributed by atoms with Crippen LogP contribution in [0.15, 0.2) is 36.7 Å². The van der Waals surface area contributed by atoms with Crippen molar-refractivity contribution in [3.63, 3.8) is 0 Å². The smallest absolute Gasteiger partial charge is 1.00 e. The Morgan fingerprint density at radius 2 is 1.00 bits per heavy atom. The summed E-state index contributed by atoms with van der Waals surface area (Å²) in [6.07, 6.45) is 11.6. The van der Waals surface area contributed by atoms with Crippen molar-refractivity contribution in [1.82, 2.24) is 5.32 Å². The first-order valence-corrected chi connectivity index (χ1v) is 5.29. The molecule has 14 heavy (non-hydrogen) atoms. The van der Waals surface area contributed by atoms with Crippen molar-refractivity contribution < 1.29 is 26.6 Å². The Morgan fingerprint density at radius 1 is 0.714 bits per heavy atom. The molecular formula is C6H8F6NP. The SMILES string of the molecule is C1=CC=CNC=C1.F[P-](F)(F)(F)(F)F.[H+]. The van der Waals surface area contributed by atoms with Crippen molar-refractivity contribution in [2.75, 3.05) is 0 Å². The van der Waals surface area contributed by atoms with Crippen molar-refractivity contribution in [2.45, 2.75) is 0 Å². The van der Waals surface area contributed by atoms with E-state index in [1.54, 1.807) is 0 Å². The minimum atomic E-state index is -10.7. The maximum absolute atomic E-state index is 10.7. The minimum Gasteiger partial charge on any atom is 1.00 e. The van der Waals surface area contributed by atoms with Crippen LogP contribution in [0.3, 0.4) is 0 Å². The van der Waals surface area contributed by atoms with E-state index in [1.165, 1.54) is 0 Å². The molecule has 1 rings (SSSR count). The average molecular weight is 239 g/mol. The predicted octanol–water partition coefficient (Wildman–Crippen LogP) is 4.67. The fourth-order valence-corrected chi connectivity index (χ4v) is 0.406. The van der Waals surface area contributed by atoms with Gasteiger partial charge in [-0.25, -0.2) is 0 Å². The maximum atomic E-state index is 9.87. The third-order valence-electron chi connectivity index (χ3n) is 0.718. The molecule has 0 spiro atoms. The Labute approximate surface area is 77.5 Å². The monoisotopic (exact) mass is 239 g/mol. The molecule has 84 valence electrons. The van der Waals surface area contributed by atoms with E-state index in [9.17, 15) is 25.2 Å². The molecule has 1 heterocycles. The Morgan fingerprint density at radius 3 is 1.29 bits per heavy atom. The van der Waals surface area contributed by atoms with Crippen LogP contribution in [0.25, 0.3) is 0 Å². The Bertz CT molecular complexity index is 250. The topological polar surface area (TPSA) is 12.0 Å². The second-order valence-electron chi connectivity index (χ2n) is 2.23. The van der Waals surface area contributed by atoms with E-state index in [4.69, 9.17) is 0 Å². The zero-order valence-electron chi connectivity index (χ0n) is 7.68. The van der Waals surface area contributed by atoms with E-state index < -0.39 is 7.81 Å². The summed E-state index contributed by atoms with van der Waals surface area (Å²) >= 11 is 0. The molecule has 0 bridgehead atoms. The van der Waals surface area contributed by atoms with E-state index in [2.05, 4.69) is 5.32 Å². The van der Waals surface area contributed by atoms with Gasteiger partial charge in [0.2, 0.25) is 0 Å². The summed E-state index contributed by atoms with van der Waals surface area (Å²) in [5, 5.41) is 2.92. The zero-order chi connectivity index (χ0) is 11.4. The number of hydrogen-bond acceptors (Lipinski definition) is 1. The molecule has 1 aliphatic rings. The van der Waals surface area contributed by atoms with Gasteiger partial charge < -0.3 is 5.32 Å². The van der Waals surface area contributed by atoms with Crippen molar-refractivity contribution in [2.24, 2.45) is 0 Å². The van der Waals surface area contributed by atoms with Gasteiger partial charge in [0.1, 0.15) is 0 Å². The van der Waals surface area contributed by atoms with E-state index in [-0.39, 0.29) is 1.43 Å². The van der Waals surface area contributed by atoms with Crippen LogP contribution in [-0.4, -0.2) is 0 Å². The van der Waals surface area contributed by atoms with Gasteiger partial charge in [-0.1, -0.05) is 12.2 Å². The van der Waals surface area contributed by atoms with E-state index in [0.29, 0.717) is 0 Å². The Balaban J connectivity index is 0. The standard InChI is InChI=1S/C6H7N.F6P/c1-2-4-6-7-5-3-1;1-7(2,3,4,5)6/h1-7H;/q;-1/p+1. The Kier molecular flexibility index (Phi) is 3.08. The molecule has 1 aliphatic heterocycles. The molecule has 0 radical (unpaired) electrons. The van der Waals surface area contributed by atoms with Gasteiger partial charge >= 0.3 is 34.4 Å². The van der Waals surface area contributed by atoms with Crippen LogP contribution in [0.1, 0.15) is 1.43 Å². The molecule has 0 aromatic heterocycles. The Hall–Kier alpha value is -0.970. The molecule has 0 unspecified atom stereocenters. The molecule has 1 N–H and O–H groups in total. The van der Waals surface area contributed by atoms with Gasteiger partial charge in [-0.3, -0.25) is 0 Å². The largest absolute Gasteiger partial charge is 1.00 e. The second kappa shape index (κ2) is 3.31. The third kappa shape index (κ3) is 30.5. The average Bonchev–Trinajstić information content (AvgIpc) is 2.06. The molecular weight excluding hydrogens is 231 g/mol. The molecule has 0 saturated heterocycles. The fourth-order valence-electron chi connectivity index (χ4n) is 0.406. The molecule has 0 aromatic rings. The fraction of sp³-hybridized carbons (Fsp3) is 0. The van der Waals surface area contributed by atoms with Crippen LogP contribution >= 0.6 is 7.81 Å². The summed E-state index contributed by atoms with van der Waals surface area (Å²) in [5.74, 6) is 0. The van der Waals surface area contributed by atoms with Gasteiger partial charge in [-0.2, -0.15) is 0 Å².